The number of para-hydroxylation sites is 3. The van der Waals surface area contributed by atoms with Crippen molar-refractivity contribution in [2.75, 3.05) is 4.90 Å². The van der Waals surface area contributed by atoms with E-state index in [9.17, 15) is 0 Å². The van der Waals surface area contributed by atoms with Gasteiger partial charge in [-0.1, -0.05) is 127 Å². The van der Waals surface area contributed by atoms with Gasteiger partial charge in [0.15, 0.2) is 0 Å². The maximum absolute atomic E-state index is 6.82. The van der Waals surface area contributed by atoms with Crippen LogP contribution in [0.5, 0.6) is 0 Å². The fraction of sp³-hybridized carbons (Fsp3) is 0.0400. The van der Waals surface area contributed by atoms with Crippen LogP contribution in [0.1, 0.15) is 23.6 Å². The van der Waals surface area contributed by atoms with E-state index in [1.165, 1.54) is 27.8 Å². The predicted octanol–water partition coefficient (Wildman–Crippen LogP) is 14.0. The van der Waals surface area contributed by atoms with E-state index in [2.05, 4.69) is 182 Å². The molecule has 1 aliphatic rings. The maximum atomic E-state index is 6.82. The second-order valence-corrected chi connectivity index (χ2v) is 14.2. The number of hydrogen-bond donors (Lipinski definition) is 0. The molecule has 0 atom stereocenters. The Morgan fingerprint density at radius 3 is 1.79 bits per heavy atom. The number of rotatable bonds is 5. The average molecular weight is 680 g/mol. The molecule has 0 amide bonds. The van der Waals surface area contributed by atoms with Crippen molar-refractivity contribution in [1.29, 1.82) is 0 Å². The van der Waals surface area contributed by atoms with Gasteiger partial charge in [-0.25, -0.2) is 0 Å². The molecule has 0 aliphatic heterocycles. The van der Waals surface area contributed by atoms with Crippen molar-refractivity contribution in [3.63, 3.8) is 0 Å². The van der Waals surface area contributed by atoms with Crippen LogP contribution < -0.4 is 4.90 Å². The first-order chi connectivity index (χ1) is 26.1. The summed E-state index contributed by atoms with van der Waals surface area (Å²) in [5.74, 6) is 0. The minimum absolute atomic E-state index is 0.279. The molecule has 8 aromatic carbocycles. The lowest BCUT2D eigenvalue weighted by molar-refractivity contribution is 0.663. The van der Waals surface area contributed by atoms with Gasteiger partial charge in [0.1, 0.15) is 22.3 Å². The fourth-order valence-electron chi connectivity index (χ4n) is 8.77. The predicted molar refractivity (Wildman–Crippen MR) is 219 cm³/mol. The van der Waals surface area contributed by atoms with Crippen LogP contribution in [-0.4, -0.2) is 0 Å². The van der Waals surface area contributed by atoms with Gasteiger partial charge < -0.3 is 13.7 Å². The highest BCUT2D eigenvalue weighted by molar-refractivity contribution is 6.10. The zero-order chi connectivity index (χ0) is 35.1. The molecule has 0 saturated carbocycles. The molecule has 0 N–H and O–H groups in total. The van der Waals surface area contributed by atoms with Crippen LogP contribution in [0.3, 0.4) is 0 Å². The number of hydrogen-bond acceptors (Lipinski definition) is 3. The van der Waals surface area contributed by atoms with E-state index in [-0.39, 0.29) is 5.41 Å². The largest absolute Gasteiger partial charge is 0.456 e. The molecule has 1 aliphatic carbocycles. The Kier molecular flexibility index (Phi) is 6.38. The van der Waals surface area contributed by atoms with Crippen molar-refractivity contribution >= 4 is 60.9 Å². The molecule has 2 heterocycles. The van der Waals surface area contributed by atoms with E-state index in [0.29, 0.717) is 0 Å². The van der Waals surface area contributed by atoms with Crippen molar-refractivity contribution in [2.24, 2.45) is 0 Å². The molecule has 11 rings (SSSR count). The highest BCUT2D eigenvalue weighted by atomic mass is 16.3. The van der Waals surface area contributed by atoms with Crippen LogP contribution >= 0.6 is 0 Å². The summed E-state index contributed by atoms with van der Waals surface area (Å²) in [6.45, 7) is 2.35. The van der Waals surface area contributed by atoms with Gasteiger partial charge in [-0.2, -0.15) is 0 Å². The number of anilines is 3. The molecular formula is C50H33NO2. The Balaban J connectivity index is 1.00. The van der Waals surface area contributed by atoms with Gasteiger partial charge in [0.25, 0.3) is 0 Å². The van der Waals surface area contributed by atoms with Gasteiger partial charge in [-0.05, 0) is 94.9 Å². The minimum atomic E-state index is -0.279. The SMILES string of the molecule is CC1(c2ccc3c(c2)oc2c(-c4ccc(N(c5ccccc5)c5ccc6oc7ccccc7c6c5)cc4)cccc23)c2ccccc2-c2ccccc21. The van der Waals surface area contributed by atoms with Crippen LogP contribution in [0.15, 0.2) is 191 Å². The Hall–Kier alpha value is -6.84. The van der Waals surface area contributed by atoms with Gasteiger partial charge >= 0.3 is 0 Å². The maximum Gasteiger partial charge on any atom is 0.143 e. The molecule has 0 spiro atoms. The van der Waals surface area contributed by atoms with Crippen LogP contribution in [0.2, 0.25) is 0 Å². The highest BCUT2D eigenvalue weighted by Gasteiger charge is 2.40. The zero-order valence-corrected chi connectivity index (χ0v) is 29.1. The first-order valence-electron chi connectivity index (χ1n) is 18.2. The second-order valence-electron chi connectivity index (χ2n) is 14.2. The quantitative estimate of drug-likeness (QED) is 0.181. The van der Waals surface area contributed by atoms with Crippen LogP contribution in [-0.2, 0) is 5.41 Å². The third kappa shape index (κ3) is 4.41. The molecule has 0 radical (unpaired) electrons. The summed E-state index contributed by atoms with van der Waals surface area (Å²) in [6.07, 6.45) is 0. The number of furan rings is 2. The molecule has 250 valence electrons. The van der Waals surface area contributed by atoms with Crippen molar-refractivity contribution in [1.82, 2.24) is 0 Å². The Morgan fingerprint density at radius 1 is 0.396 bits per heavy atom. The standard InChI is InChI=1S/C50H33NO2/c1-50(44-19-8-5-14-38(44)39-15-6-9-20-45(39)50)33-24-28-41-42-18-11-17-37(49(42)53-48(41)30-33)32-22-25-35(26-23-32)51(34-12-3-2-4-13-34)36-27-29-47-43(31-36)40-16-7-10-21-46(40)52-47/h2-31H,1H3. The third-order valence-electron chi connectivity index (χ3n) is 11.4. The lowest BCUT2D eigenvalue weighted by Crippen LogP contribution is -2.22. The van der Waals surface area contributed by atoms with Crippen molar-refractivity contribution in [2.45, 2.75) is 12.3 Å². The summed E-state index contributed by atoms with van der Waals surface area (Å²) in [5.41, 5.74) is 15.2. The zero-order valence-electron chi connectivity index (χ0n) is 29.1. The minimum Gasteiger partial charge on any atom is -0.456 e. The number of fused-ring (bicyclic) bond motifs is 9. The van der Waals surface area contributed by atoms with Crippen LogP contribution in [0, 0.1) is 0 Å². The van der Waals surface area contributed by atoms with Crippen LogP contribution in [0.4, 0.5) is 17.1 Å². The summed E-state index contributed by atoms with van der Waals surface area (Å²) in [7, 11) is 0. The lowest BCUT2D eigenvalue weighted by Gasteiger charge is -2.28. The van der Waals surface area contributed by atoms with Crippen molar-refractivity contribution in [3.05, 3.63) is 199 Å². The molecule has 0 fully saturated rings. The molecule has 0 unspecified atom stereocenters. The molecule has 0 bridgehead atoms. The summed E-state index contributed by atoms with van der Waals surface area (Å²) < 4.78 is 13.0. The summed E-state index contributed by atoms with van der Waals surface area (Å²) in [5, 5.41) is 4.47. The smallest absolute Gasteiger partial charge is 0.143 e. The van der Waals surface area contributed by atoms with Gasteiger partial charge in [0.2, 0.25) is 0 Å². The van der Waals surface area contributed by atoms with Gasteiger partial charge in [-0.3, -0.25) is 0 Å². The fourth-order valence-corrected chi connectivity index (χ4v) is 8.77. The monoisotopic (exact) mass is 679 g/mol. The molecular weight excluding hydrogens is 647 g/mol. The summed E-state index contributed by atoms with van der Waals surface area (Å²) in [6, 6.07) is 64.9. The Morgan fingerprint density at radius 2 is 1.00 bits per heavy atom. The first kappa shape index (κ1) is 29.8. The van der Waals surface area contributed by atoms with E-state index in [1.807, 2.05) is 12.1 Å². The molecule has 3 heteroatoms. The Labute approximate surface area is 307 Å². The number of benzene rings is 8. The van der Waals surface area contributed by atoms with Crippen molar-refractivity contribution in [3.8, 4) is 22.3 Å². The molecule has 10 aromatic rings. The average Bonchev–Trinajstić information content (AvgIpc) is 3.87. The molecule has 53 heavy (non-hydrogen) atoms. The molecule has 0 saturated heterocycles. The Bertz CT molecular complexity index is 2980. The van der Waals surface area contributed by atoms with Crippen molar-refractivity contribution < 1.29 is 8.83 Å². The molecule has 3 nitrogen and oxygen atoms in total. The summed E-state index contributed by atoms with van der Waals surface area (Å²) >= 11 is 0. The van der Waals surface area contributed by atoms with E-state index in [1.54, 1.807) is 0 Å². The first-order valence-corrected chi connectivity index (χ1v) is 18.2. The van der Waals surface area contributed by atoms with E-state index >= 15 is 0 Å². The molecule has 2 aromatic heterocycles. The van der Waals surface area contributed by atoms with Gasteiger partial charge in [0, 0.05) is 49.6 Å². The third-order valence-corrected chi connectivity index (χ3v) is 11.4. The van der Waals surface area contributed by atoms with Crippen LogP contribution in [0.25, 0.3) is 66.1 Å². The lowest BCUT2D eigenvalue weighted by atomic mass is 9.74. The number of nitrogens with zero attached hydrogens (tertiary/aromatic N) is 1. The second kappa shape index (κ2) is 11.3. The van der Waals surface area contributed by atoms with E-state index in [0.717, 1.165) is 72.1 Å². The van der Waals surface area contributed by atoms with E-state index in [4.69, 9.17) is 8.83 Å². The normalized spacial score (nSPS) is 13.2. The van der Waals surface area contributed by atoms with Gasteiger partial charge in [0.05, 0.1) is 0 Å². The summed E-state index contributed by atoms with van der Waals surface area (Å²) in [4.78, 5) is 2.30. The highest BCUT2D eigenvalue weighted by Crippen LogP contribution is 2.53. The topological polar surface area (TPSA) is 29.5 Å². The van der Waals surface area contributed by atoms with Gasteiger partial charge in [-0.15, -0.1) is 0 Å². The van der Waals surface area contributed by atoms with E-state index < -0.39 is 0 Å².